The van der Waals surface area contributed by atoms with E-state index in [1.165, 1.54) is 11.0 Å². The van der Waals surface area contributed by atoms with Gasteiger partial charge in [0.25, 0.3) is 5.91 Å². The van der Waals surface area contributed by atoms with E-state index < -0.39 is 17.6 Å². The predicted octanol–water partition coefficient (Wildman–Crippen LogP) is 4.42. The number of fused-ring (bicyclic) bond motifs is 1. The molecule has 2 heterocycles. The number of nitrogens with one attached hydrogen (secondary N) is 1. The number of benzene rings is 2. The quantitative estimate of drug-likeness (QED) is 0.431. The lowest BCUT2D eigenvalue weighted by molar-refractivity contribution is -0.138. The summed E-state index contributed by atoms with van der Waals surface area (Å²) in [5, 5.41) is 21.3. The van der Waals surface area contributed by atoms with Crippen LogP contribution in [0.1, 0.15) is 64.6 Å². The van der Waals surface area contributed by atoms with Crippen LogP contribution >= 0.6 is 0 Å². The fourth-order valence-corrected chi connectivity index (χ4v) is 5.37. The zero-order valence-electron chi connectivity index (χ0n) is 21.6. The largest absolute Gasteiger partial charge is 0.416 e. The fourth-order valence-electron chi connectivity index (χ4n) is 5.37. The molecule has 0 bridgehead atoms. The molecule has 7 nitrogen and oxygen atoms in total. The number of alkyl halides is 3. The average Bonchev–Trinajstić information content (AvgIpc) is 3.42. The summed E-state index contributed by atoms with van der Waals surface area (Å²) < 4.78 is 44.0. The van der Waals surface area contributed by atoms with Crippen LogP contribution in [-0.4, -0.2) is 37.9 Å². The number of amides is 1. The number of rotatable bonds is 9. The Morgan fingerprint density at radius 1 is 1.16 bits per heavy atom. The lowest BCUT2D eigenvalue weighted by Gasteiger charge is -2.39. The molecule has 1 fully saturated rings. The Labute approximate surface area is 219 Å². The van der Waals surface area contributed by atoms with E-state index in [0.717, 1.165) is 30.7 Å². The van der Waals surface area contributed by atoms with Crippen molar-refractivity contribution in [3.8, 4) is 0 Å². The van der Waals surface area contributed by atoms with E-state index in [9.17, 15) is 23.1 Å². The zero-order chi connectivity index (χ0) is 27.1. The van der Waals surface area contributed by atoms with Crippen molar-refractivity contribution in [1.82, 2.24) is 20.1 Å². The molecule has 3 aromatic rings. The van der Waals surface area contributed by atoms with Crippen molar-refractivity contribution in [2.45, 2.75) is 63.8 Å². The third-order valence-electron chi connectivity index (χ3n) is 7.86. The summed E-state index contributed by atoms with van der Waals surface area (Å²) in [6, 6.07) is 10.0. The highest BCUT2D eigenvalue weighted by Gasteiger charge is 2.41. The Hall–Kier alpha value is -3.24. The van der Waals surface area contributed by atoms with Crippen molar-refractivity contribution >= 4 is 11.6 Å². The van der Waals surface area contributed by atoms with Gasteiger partial charge in [-0.2, -0.15) is 13.2 Å². The summed E-state index contributed by atoms with van der Waals surface area (Å²) in [5.74, 6) is 0.197. The highest BCUT2D eigenvalue weighted by molar-refractivity contribution is 6.10. The zero-order valence-corrected chi connectivity index (χ0v) is 21.6. The summed E-state index contributed by atoms with van der Waals surface area (Å²) in [7, 11) is 1.84. The number of halogens is 3. The average molecular weight is 528 g/mol. The molecule has 10 heteroatoms. The second-order valence-corrected chi connectivity index (χ2v) is 10.8. The molecule has 2 N–H and O–H groups in total. The number of hydrogen-bond acceptors (Lipinski definition) is 5. The van der Waals surface area contributed by atoms with Crippen LogP contribution in [0.5, 0.6) is 0 Å². The van der Waals surface area contributed by atoms with E-state index >= 15 is 0 Å². The molecular formula is C28H32F3N5O2. The van der Waals surface area contributed by atoms with Crippen LogP contribution in [0.15, 0.2) is 42.7 Å². The Morgan fingerprint density at radius 2 is 1.95 bits per heavy atom. The fraction of sp³-hybridized carbons (Fsp3) is 0.464. The van der Waals surface area contributed by atoms with E-state index in [4.69, 9.17) is 0 Å². The van der Waals surface area contributed by atoms with Gasteiger partial charge in [-0.1, -0.05) is 12.1 Å². The topological polar surface area (TPSA) is 83.3 Å². The lowest BCUT2D eigenvalue weighted by atomic mass is 9.78. The number of carbonyl (C=O) groups is 1. The minimum Gasteiger partial charge on any atom is -0.396 e. The summed E-state index contributed by atoms with van der Waals surface area (Å²) in [5.41, 5.74) is 1.19. The maximum absolute atomic E-state index is 14.1. The molecule has 0 radical (unpaired) electrons. The summed E-state index contributed by atoms with van der Waals surface area (Å²) in [6.45, 7) is 2.16. The second-order valence-electron chi connectivity index (χ2n) is 10.8. The van der Waals surface area contributed by atoms with Gasteiger partial charge in [0.2, 0.25) is 0 Å². The molecular weight excluding hydrogens is 495 g/mol. The molecule has 38 heavy (non-hydrogen) atoms. The Balaban J connectivity index is 1.38. The van der Waals surface area contributed by atoms with Crippen LogP contribution in [0.25, 0.3) is 0 Å². The van der Waals surface area contributed by atoms with Crippen LogP contribution in [0.4, 0.5) is 18.9 Å². The first kappa shape index (κ1) is 26.4. The molecule has 2 aliphatic rings. The summed E-state index contributed by atoms with van der Waals surface area (Å²) in [4.78, 5) is 14.8. The van der Waals surface area contributed by atoms with E-state index in [1.54, 1.807) is 29.1 Å². The molecule has 2 aromatic carbocycles. The summed E-state index contributed by atoms with van der Waals surface area (Å²) in [6.07, 6.45) is 1.17. The lowest BCUT2D eigenvalue weighted by Crippen LogP contribution is -2.47. The van der Waals surface area contributed by atoms with Crippen molar-refractivity contribution in [1.29, 1.82) is 0 Å². The summed E-state index contributed by atoms with van der Waals surface area (Å²) >= 11 is 0. The van der Waals surface area contributed by atoms with Crippen molar-refractivity contribution < 1.29 is 23.1 Å². The predicted molar refractivity (Wildman–Crippen MR) is 136 cm³/mol. The van der Waals surface area contributed by atoms with Crippen LogP contribution in [0, 0.1) is 5.92 Å². The molecule has 1 aliphatic heterocycles. The second kappa shape index (κ2) is 10.1. The number of nitrogens with zero attached hydrogens (tertiary/aromatic N) is 4. The molecule has 1 amide bonds. The van der Waals surface area contributed by atoms with Gasteiger partial charge in [0, 0.05) is 43.4 Å². The SMILES string of the molecule is Cn1cnnc1C[C@@H](CO)Cc1cccc(N2Cc3c(cc(CNC4(C)CCC4)cc3C(F)(F)F)C2=O)c1. The standard InChI is InChI=1S/C28H32F3N5O2/c1-27(7-4-8-27)32-14-19-11-22-23(24(12-19)28(29,30)31)15-36(26(22)38)21-6-3-5-18(10-21)9-20(16-37)13-25-34-33-17-35(25)2/h3,5-6,10-12,17,20,32,37H,4,7-9,13-16H2,1-2H3/t20-/m0/s1. The van der Waals surface area contributed by atoms with Gasteiger partial charge in [-0.3, -0.25) is 4.79 Å². The van der Waals surface area contributed by atoms with Crippen molar-refractivity contribution in [3.05, 3.63) is 76.4 Å². The molecule has 0 spiro atoms. The smallest absolute Gasteiger partial charge is 0.396 e. The maximum Gasteiger partial charge on any atom is 0.416 e. The number of aromatic nitrogens is 3. The van der Waals surface area contributed by atoms with Crippen molar-refractivity contribution in [3.63, 3.8) is 0 Å². The van der Waals surface area contributed by atoms with Crippen molar-refractivity contribution in [2.75, 3.05) is 11.5 Å². The first-order chi connectivity index (χ1) is 18.1. The molecule has 1 saturated carbocycles. The molecule has 5 rings (SSSR count). The highest BCUT2D eigenvalue weighted by Crippen LogP contribution is 2.40. The van der Waals surface area contributed by atoms with E-state index in [2.05, 4.69) is 22.4 Å². The number of aliphatic hydroxyl groups is 1. The van der Waals surface area contributed by atoms with Crippen LogP contribution in [0.2, 0.25) is 0 Å². The van der Waals surface area contributed by atoms with E-state index in [-0.39, 0.29) is 42.3 Å². The first-order valence-corrected chi connectivity index (χ1v) is 12.9. The van der Waals surface area contributed by atoms with Gasteiger partial charge in [-0.15, -0.1) is 10.2 Å². The normalized spacial score (nSPS) is 17.4. The number of anilines is 1. The van der Waals surface area contributed by atoms with Crippen LogP contribution in [-0.2, 0) is 39.2 Å². The van der Waals surface area contributed by atoms with Gasteiger partial charge >= 0.3 is 6.18 Å². The molecule has 0 unspecified atom stereocenters. The molecule has 0 saturated heterocycles. The molecule has 1 aromatic heterocycles. The third kappa shape index (κ3) is 5.33. The highest BCUT2D eigenvalue weighted by atomic mass is 19.4. The van der Waals surface area contributed by atoms with Crippen LogP contribution < -0.4 is 10.2 Å². The van der Waals surface area contributed by atoms with Gasteiger partial charge in [-0.05, 0) is 79.5 Å². The number of carbonyl (C=O) groups excluding carboxylic acids is 1. The van der Waals surface area contributed by atoms with E-state index in [0.29, 0.717) is 24.1 Å². The Morgan fingerprint density at radius 3 is 2.58 bits per heavy atom. The van der Waals surface area contributed by atoms with Gasteiger partial charge in [0.15, 0.2) is 0 Å². The monoisotopic (exact) mass is 527 g/mol. The minimum absolute atomic E-state index is 0.0158. The van der Waals surface area contributed by atoms with E-state index in [1.807, 2.05) is 19.2 Å². The van der Waals surface area contributed by atoms with Crippen molar-refractivity contribution in [2.24, 2.45) is 13.0 Å². The molecule has 202 valence electrons. The van der Waals surface area contributed by atoms with Gasteiger partial charge in [0.1, 0.15) is 12.2 Å². The first-order valence-electron chi connectivity index (χ1n) is 12.9. The molecule has 1 aliphatic carbocycles. The Kier molecular flexibility index (Phi) is 7.04. The van der Waals surface area contributed by atoms with Gasteiger partial charge in [-0.25, -0.2) is 0 Å². The maximum atomic E-state index is 14.1. The molecule has 1 atom stereocenters. The van der Waals surface area contributed by atoms with Gasteiger partial charge in [0.05, 0.1) is 12.1 Å². The van der Waals surface area contributed by atoms with Gasteiger partial charge < -0.3 is 19.9 Å². The van der Waals surface area contributed by atoms with Crippen LogP contribution in [0.3, 0.4) is 0 Å². The number of aliphatic hydroxyl groups excluding tert-OH is 1. The third-order valence-corrected chi connectivity index (χ3v) is 7.86. The number of aryl methyl sites for hydroxylation is 1. The number of hydrogen-bond donors (Lipinski definition) is 2. The minimum atomic E-state index is -4.56. The Bertz CT molecular complexity index is 1330.